The Hall–Kier alpha value is -1.29. The molecule has 0 aliphatic rings. The maximum Gasteiger partial charge on any atom is 0.122 e. The molecule has 0 aliphatic carbocycles. The van der Waals surface area contributed by atoms with Gasteiger partial charge in [0.25, 0.3) is 0 Å². The summed E-state index contributed by atoms with van der Waals surface area (Å²) in [7, 11) is 0. The Kier molecular flexibility index (Phi) is 2.77. The molecule has 1 heterocycles. The normalized spacial score (nSPS) is 10.5. The second kappa shape index (κ2) is 4.06. The first-order valence-electron chi connectivity index (χ1n) is 4.80. The Morgan fingerprint density at radius 3 is 2.73 bits per heavy atom. The molecule has 1 aromatic carbocycles. The highest BCUT2D eigenvalue weighted by Crippen LogP contribution is 2.27. The monoisotopic (exact) mass is 265 g/mol. The van der Waals surface area contributed by atoms with Gasteiger partial charge >= 0.3 is 0 Å². The van der Waals surface area contributed by atoms with E-state index in [9.17, 15) is 0 Å². The summed E-state index contributed by atoms with van der Waals surface area (Å²) in [5.74, 6) is 0.697. The Balaban J connectivity index is 2.50. The summed E-state index contributed by atoms with van der Waals surface area (Å²) >= 11 is 3.50. The third-order valence-corrected chi connectivity index (χ3v) is 2.95. The number of aryl methyl sites for hydroxylation is 1. The van der Waals surface area contributed by atoms with E-state index in [2.05, 4.69) is 21.0 Å². The molecule has 1 aromatic heterocycles. The van der Waals surface area contributed by atoms with E-state index in [1.807, 2.05) is 37.3 Å². The molecule has 0 unspecified atom stereocenters. The zero-order valence-electron chi connectivity index (χ0n) is 8.44. The number of nitrogens with zero attached hydrogens (tertiary/aromatic N) is 2. The third-order valence-electron chi connectivity index (χ3n) is 2.26. The largest absolute Gasteiger partial charge is 0.384 e. The molecule has 0 aliphatic heterocycles. The van der Waals surface area contributed by atoms with Crippen LogP contribution in [0.15, 0.2) is 34.8 Å². The molecule has 0 fully saturated rings. The summed E-state index contributed by atoms with van der Waals surface area (Å²) < 4.78 is 2.82. The summed E-state index contributed by atoms with van der Waals surface area (Å²) in [4.78, 5) is 0. The van der Waals surface area contributed by atoms with E-state index in [4.69, 9.17) is 5.73 Å². The van der Waals surface area contributed by atoms with Crippen LogP contribution < -0.4 is 5.73 Å². The van der Waals surface area contributed by atoms with Crippen LogP contribution in [0, 0.1) is 0 Å². The molecule has 0 radical (unpaired) electrons. The van der Waals surface area contributed by atoms with Gasteiger partial charge in [-0.3, -0.25) is 0 Å². The number of rotatable bonds is 2. The number of aromatic nitrogens is 2. The van der Waals surface area contributed by atoms with Gasteiger partial charge in [-0.15, -0.1) is 0 Å². The fourth-order valence-corrected chi connectivity index (χ4v) is 1.97. The van der Waals surface area contributed by atoms with E-state index in [1.165, 1.54) is 0 Å². The van der Waals surface area contributed by atoms with E-state index >= 15 is 0 Å². The molecule has 2 aromatic rings. The van der Waals surface area contributed by atoms with Crippen LogP contribution in [0.2, 0.25) is 0 Å². The summed E-state index contributed by atoms with van der Waals surface area (Å²) in [5, 5.41) is 4.42. The molecule has 0 atom stereocenters. The van der Waals surface area contributed by atoms with Crippen LogP contribution >= 0.6 is 15.9 Å². The van der Waals surface area contributed by atoms with Crippen molar-refractivity contribution in [2.45, 2.75) is 13.5 Å². The highest BCUT2D eigenvalue weighted by Gasteiger charge is 2.08. The average molecular weight is 266 g/mol. The van der Waals surface area contributed by atoms with Gasteiger partial charge in [0.2, 0.25) is 0 Å². The SMILES string of the molecule is CCn1nc(-c2ccccc2Br)cc1N. The lowest BCUT2D eigenvalue weighted by Crippen LogP contribution is -2.01. The van der Waals surface area contributed by atoms with Gasteiger partial charge in [-0.2, -0.15) is 5.10 Å². The van der Waals surface area contributed by atoms with Crippen molar-refractivity contribution in [3.05, 3.63) is 34.8 Å². The Morgan fingerprint density at radius 2 is 2.13 bits per heavy atom. The van der Waals surface area contributed by atoms with Gasteiger partial charge in [-0.05, 0) is 13.0 Å². The number of nitrogens with two attached hydrogens (primary N) is 1. The molecular weight excluding hydrogens is 254 g/mol. The zero-order chi connectivity index (χ0) is 10.8. The third kappa shape index (κ3) is 1.90. The van der Waals surface area contributed by atoms with Crippen molar-refractivity contribution in [2.24, 2.45) is 0 Å². The van der Waals surface area contributed by atoms with Gasteiger partial charge in [0.05, 0.1) is 5.69 Å². The van der Waals surface area contributed by atoms with Crippen molar-refractivity contribution >= 4 is 21.7 Å². The molecule has 0 spiro atoms. The standard InChI is InChI=1S/C11H12BrN3/c1-2-15-11(13)7-10(14-15)8-5-3-4-6-9(8)12/h3-7H,2,13H2,1H3. The first-order valence-corrected chi connectivity index (χ1v) is 5.60. The van der Waals surface area contributed by atoms with Crippen molar-refractivity contribution in [3.63, 3.8) is 0 Å². The van der Waals surface area contributed by atoms with Crippen LogP contribution in [0.5, 0.6) is 0 Å². The number of nitrogen functional groups attached to an aromatic ring is 1. The molecule has 0 bridgehead atoms. The maximum atomic E-state index is 5.82. The van der Waals surface area contributed by atoms with E-state index in [-0.39, 0.29) is 0 Å². The first-order chi connectivity index (χ1) is 7.22. The molecule has 0 amide bonds. The van der Waals surface area contributed by atoms with Crippen LogP contribution in [0.4, 0.5) is 5.82 Å². The molecular formula is C11H12BrN3. The summed E-state index contributed by atoms with van der Waals surface area (Å²) in [6.45, 7) is 2.81. The lowest BCUT2D eigenvalue weighted by molar-refractivity contribution is 0.672. The first kappa shape index (κ1) is 10.2. The molecule has 78 valence electrons. The van der Waals surface area contributed by atoms with Crippen LogP contribution in [0.3, 0.4) is 0 Å². The Labute approximate surface area is 97.0 Å². The van der Waals surface area contributed by atoms with Crippen molar-refractivity contribution in [3.8, 4) is 11.3 Å². The lowest BCUT2D eigenvalue weighted by Gasteiger charge is -1.99. The molecule has 3 nitrogen and oxygen atoms in total. The number of hydrogen-bond acceptors (Lipinski definition) is 2. The molecule has 0 saturated heterocycles. The van der Waals surface area contributed by atoms with Gasteiger partial charge < -0.3 is 5.73 Å². The van der Waals surface area contributed by atoms with Crippen molar-refractivity contribution in [2.75, 3.05) is 5.73 Å². The fraction of sp³-hybridized carbons (Fsp3) is 0.182. The van der Waals surface area contributed by atoms with Gasteiger partial charge in [0.15, 0.2) is 0 Å². The summed E-state index contributed by atoms with van der Waals surface area (Å²) in [5.41, 5.74) is 7.80. The highest BCUT2D eigenvalue weighted by molar-refractivity contribution is 9.10. The van der Waals surface area contributed by atoms with Crippen LogP contribution in [-0.4, -0.2) is 9.78 Å². The number of halogens is 1. The number of anilines is 1. The summed E-state index contributed by atoms with van der Waals surface area (Å²) in [6.07, 6.45) is 0. The molecule has 4 heteroatoms. The highest BCUT2D eigenvalue weighted by atomic mass is 79.9. The predicted octanol–water partition coefficient (Wildman–Crippen LogP) is 2.91. The van der Waals surface area contributed by atoms with E-state index < -0.39 is 0 Å². The quantitative estimate of drug-likeness (QED) is 0.908. The van der Waals surface area contributed by atoms with Crippen molar-refractivity contribution < 1.29 is 0 Å². The number of benzene rings is 1. The van der Waals surface area contributed by atoms with Crippen molar-refractivity contribution in [1.82, 2.24) is 9.78 Å². The fourth-order valence-electron chi connectivity index (χ4n) is 1.49. The van der Waals surface area contributed by atoms with Crippen molar-refractivity contribution in [1.29, 1.82) is 0 Å². The van der Waals surface area contributed by atoms with Gasteiger partial charge in [0.1, 0.15) is 5.82 Å². The number of hydrogen-bond donors (Lipinski definition) is 1. The Bertz CT molecular complexity index is 476. The zero-order valence-corrected chi connectivity index (χ0v) is 10.0. The molecule has 2 rings (SSSR count). The minimum atomic E-state index is 0.697. The smallest absolute Gasteiger partial charge is 0.122 e. The van der Waals surface area contributed by atoms with Crippen LogP contribution in [-0.2, 0) is 6.54 Å². The lowest BCUT2D eigenvalue weighted by atomic mass is 10.2. The van der Waals surface area contributed by atoms with Gasteiger partial charge in [0, 0.05) is 22.6 Å². The topological polar surface area (TPSA) is 43.8 Å². The van der Waals surface area contributed by atoms with Crippen LogP contribution in [0.25, 0.3) is 11.3 Å². The summed E-state index contributed by atoms with van der Waals surface area (Å²) in [6, 6.07) is 9.88. The van der Waals surface area contributed by atoms with Crippen LogP contribution in [0.1, 0.15) is 6.92 Å². The second-order valence-electron chi connectivity index (χ2n) is 3.25. The predicted molar refractivity (Wildman–Crippen MR) is 65.4 cm³/mol. The molecule has 0 saturated carbocycles. The maximum absolute atomic E-state index is 5.82. The molecule has 15 heavy (non-hydrogen) atoms. The van der Waals surface area contributed by atoms with Gasteiger partial charge in [-0.25, -0.2) is 4.68 Å². The minimum Gasteiger partial charge on any atom is -0.384 e. The molecule has 2 N–H and O–H groups in total. The van der Waals surface area contributed by atoms with E-state index in [1.54, 1.807) is 4.68 Å². The minimum absolute atomic E-state index is 0.697. The van der Waals surface area contributed by atoms with Gasteiger partial charge in [-0.1, -0.05) is 34.1 Å². The average Bonchev–Trinajstić information content (AvgIpc) is 2.60. The van der Waals surface area contributed by atoms with E-state index in [0.717, 1.165) is 22.3 Å². The Morgan fingerprint density at radius 1 is 1.40 bits per heavy atom. The van der Waals surface area contributed by atoms with E-state index in [0.29, 0.717) is 5.82 Å². The second-order valence-corrected chi connectivity index (χ2v) is 4.10.